The van der Waals surface area contributed by atoms with Crippen LogP contribution in [0.15, 0.2) is 42.5 Å². The van der Waals surface area contributed by atoms with Crippen molar-refractivity contribution in [3.63, 3.8) is 0 Å². The van der Waals surface area contributed by atoms with E-state index < -0.39 is 23.3 Å². The summed E-state index contributed by atoms with van der Waals surface area (Å²) in [6.45, 7) is 7.12. The Kier molecular flexibility index (Phi) is 5.09. The monoisotopic (exact) mass is 384 g/mol. The van der Waals surface area contributed by atoms with Gasteiger partial charge in [0.15, 0.2) is 0 Å². The van der Waals surface area contributed by atoms with Gasteiger partial charge in [0.25, 0.3) is 0 Å². The van der Waals surface area contributed by atoms with E-state index in [1.54, 1.807) is 58.0 Å². The predicted octanol–water partition coefficient (Wildman–Crippen LogP) is 3.55. The molecule has 0 amide bonds. The Morgan fingerprint density at radius 1 is 1.21 bits per heavy atom. The van der Waals surface area contributed by atoms with Crippen LogP contribution < -0.4 is 9.64 Å². The highest BCUT2D eigenvalue weighted by Crippen LogP contribution is 2.45. The minimum atomic E-state index is -1.08. The Morgan fingerprint density at radius 2 is 1.86 bits per heavy atom. The molecule has 1 aliphatic heterocycles. The summed E-state index contributed by atoms with van der Waals surface area (Å²) in [5.41, 5.74) is -0.229. The van der Waals surface area contributed by atoms with Gasteiger partial charge in [-0.2, -0.15) is 5.26 Å². The molecule has 0 fully saturated rings. The van der Waals surface area contributed by atoms with Crippen molar-refractivity contribution in [2.24, 2.45) is 0 Å². The van der Waals surface area contributed by atoms with Gasteiger partial charge < -0.3 is 19.8 Å². The van der Waals surface area contributed by atoms with E-state index in [0.29, 0.717) is 22.6 Å². The number of fused-ring (bicyclic) bond motifs is 1. The van der Waals surface area contributed by atoms with Gasteiger partial charge in [0.1, 0.15) is 23.3 Å². The maximum Gasteiger partial charge on any atom is 0.132 e. The van der Waals surface area contributed by atoms with Crippen LogP contribution in [0.25, 0.3) is 0 Å². The molecule has 5 nitrogen and oxygen atoms in total. The smallest absolute Gasteiger partial charge is 0.132 e. The zero-order valence-corrected chi connectivity index (χ0v) is 16.5. The van der Waals surface area contributed by atoms with Gasteiger partial charge >= 0.3 is 0 Å². The fourth-order valence-electron chi connectivity index (χ4n) is 3.57. The highest BCUT2D eigenvalue weighted by molar-refractivity contribution is 5.55. The minimum absolute atomic E-state index is 0.187. The SMILES string of the molecule is CC(C)(O)CN(c1ccc(F)cc1)[C@H]1c2cc(C#N)ccc2OC(C)(C)[C@@H]1O. The Bertz CT molecular complexity index is 897. The Labute approximate surface area is 164 Å². The van der Waals surface area contributed by atoms with Gasteiger partial charge in [-0.05, 0) is 70.2 Å². The van der Waals surface area contributed by atoms with E-state index in [1.807, 2.05) is 4.90 Å². The third-order valence-electron chi connectivity index (χ3n) is 4.89. The van der Waals surface area contributed by atoms with Crippen molar-refractivity contribution in [2.75, 3.05) is 11.4 Å². The summed E-state index contributed by atoms with van der Waals surface area (Å²) in [6, 6.07) is 12.5. The number of benzene rings is 2. The van der Waals surface area contributed by atoms with E-state index in [2.05, 4.69) is 6.07 Å². The van der Waals surface area contributed by atoms with E-state index in [9.17, 15) is 19.9 Å². The standard InChI is InChI=1S/C22H25FN2O3/c1-21(2,27)13-25(16-8-6-15(23)7-9-16)19-17-11-14(12-24)5-10-18(17)28-22(3,4)20(19)26/h5-11,19-20,26-27H,13H2,1-4H3/t19-,20+/m0/s1. The first-order valence-corrected chi connectivity index (χ1v) is 9.17. The second kappa shape index (κ2) is 7.08. The molecular weight excluding hydrogens is 359 g/mol. The number of ether oxygens (including phenoxy) is 1. The molecule has 0 spiro atoms. The summed E-state index contributed by atoms with van der Waals surface area (Å²) in [6.07, 6.45) is -0.957. The Morgan fingerprint density at radius 3 is 2.43 bits per heavy atom. The third-order valence-corrected chi connectivity index (χ3v) is 4.89. The number of hydrogen-bond acceptors (Lipinski definition) is 5. The number of rotatable bonds is 4. The lowest BCUT2D eigenvalue weighted by Gasteiger charge is -2.48. The van der Waals surface area contributed by atoms with Gasteiger partial charge in [-0.15, -0.1) is 0 Å². The summed E-state index contributed by atoms with van der Waals surface area (Å²) in [4.78, 5) is 1.84. The normalized spacial score (nSPS) is 20.6. The largest absolute Gasteiger partial charge is 0.485 e. The fourth-order valence-corrected chi connectivity index (χ4v) is 3.57. The molecule has 2 atom stereocenters. The first kappa shape index (κ1) is 20.1. The van der Waals surface area contributed by atoms with E-state index >= 15 is 0 Å². The third kappa shape index (κ3) is 3.96. The molecule has 2 N–H and O–H groups in total. The summed E-state index contributed by atoms with van der Waals surface area (Å²) >= 11 is 0. The predicted molar refractivity (Wildman–Crippen MR) is 105 cm³/mol. The quantitative estimate of drug-likeness (QED) is 0.843. The second-order valence-electron chi connectivity index (χ2n) is 8.38. The van der Waals surface area contributed by atoms with Crippen molar-refractivity contribution < 1.29 is 19.3 Å². The van der Waals surface area contributed by atoms with Gasteiger partial charge in [-0.25, -0.2) is 4.39 Å². The summed E-state index contributed by atoms with van der Waals surface area (Å²) in [5.74, 6) is 0.203. The zero-order chi connectivity index (χ0) is 20.7. The van der Waals surface area contributed by atoms with Gasteiger partial charge in [0.2, 0.25) is 0 Å². The van der Waals surface area contributed by atoms with Crippen LogP contribution in [0.1, 0.15) is 44.9 Å². The first-order chi connectivity index (χ1) is 13.0. The molecule has 2 aromatic rings. The van der Waals surface area contributed by atoms with Gasteiger partial charge in [0, 0.05) is 17.8 Å². The summed E-state index contributed by atoms with van der Waals surface area (Å²) in [5, 5.41) is 31.0. The lowest BCUT2D eigenvalue weighted by molar-refractivity contribution is -0.0609. The maximum absolute atomic E-state index is 13.5. The van der Waals surface area contributed by atoms with Crippen molar-refractivity contribution >= 4 is 5.69 Å². The number of nitrogens with zero attached hydrogens (tertiary/aromatic N) is 2. The van der Waals surface area contributed by atoms with Gasteiger partial charge in [0.05, 0.1) is 23.3 Å². The number of halogens is 1. The van der Waals surface area contributed by atoms with Gasteiger partial charge in [-0.1, -0.05) is 0 Å². The number of aliphatic hydroxyl groups is 2. The lowest BCUT2D eigenvalue weighted by Crippen LogP contribution is -2.55. The molecule has 1 heterocycles. The van der Waals surface area contributed by atoms with E-state index in [-0.39, 0.29) is 12.4 Å². The van der Waals surface area contributed by atoms with Crippen LogP contribution in [0.5, 0.6) is 5.75 Å². The van der Waals surface area contributed by atoms with Crippen LogP contribution >= 0.6 is 0 Å². The summed E-state index contributed by atoms with van der Waals surface area (Å²) in [7, 11) is 0. The molecule has 0 unspecified atom stereocenters. The first-order valence-electron chi connectivity index (χ1n) is 9.17. The average molecular weight is 384 g/mol. The van der Waals surface area contributed by atoms with Crippen LogP contribution in [-0.2, 0) is 0 Å². The van der Waals surface area contributed by atoms with Crippen LogP contribution in [0, 0.1) is 17.1 Å². The van der Waals surface area contributed by atoms with Crippen molar-refractivity contribution in [3.05, 3.63) is 59.4 Å². The molecule has 3 rings (SSSR count). The van der Waals surface area contributed by atoms with E-state index in [1.165, 1.54) is 12.1 Å². The molecule has 148 valence electrons. The summed E-state index contributed by atoms with van der Waals surface area (Å²) < 4.78 is 19.5. The Balaban J connectivity index is 2.19. The minimum Gasteiger partial charge on any atom is -0.485 e. The lowest BCUT2D eigenvalue weighted by atomic mass is 9.84. The molecule has 0 saturated heterocycles. The number of aliphatic hydroxyl groups excluding tert-OH is 1. The van der Waals surface area contributed by atoms with Crippen LogP contribution in [0.3, 0.4) is 0 Å². The van der Waals surface area contributed by atoms with Crippen LogP contribution in [-0.4, -0.2) is 34.1 Å². The van der Waals surface area contributed by atoms with Crippen molar-refractivity contribution in [3.8, 4) is 11.8 Å². The van der Waals surface area contributed by atoms with E-state index in [0.717, 1.165) is 0 Å². The molecule has 6 heteroatoms. The van der Waals surface area contributed by atoms with Crippen LogP contribution in [0.2, 0.25) is 0 Å². The molecule has 0 saturated carbocycles. The highest BCUT2D eigenvalue weighted by atomic mass is 19.1. The molecular formula is C22H25FN2O3. The zero-order valence-electron chi connectivity index (χ0n) is 16.5. The van der Waals surface area contributed by atoms with E-state index in [4.69, 9.17) is 4.74 Å². The second-order valence-corrected chi connectivity index (χ2v) is 8.38. The Hall–Kier alpha value is -2.62. The number of anilines is 1. The molecule has 1 aliphatic rings. The fraction of sp³-hybridized carbons (Fsp3) is 0.409. The number of nitriles is 1. The molecule has 0 aromatic heterocycles. The molecule has 0 bridgehead atoms. The van der Waals surface area contributed by atoms with Crippen molar-refractivity contribution in [1.29, 1.82) is 5.26 Å². The van der Waals surface area contributed by atoms with Crippen molar-refractivity contribution in [1.82, 2.24) is 0 Å². The topological polar surface area (TPSA) is 76.7 Å². The maximum atomic E-state index is 13.5. The highest BCUT2D eigenvalue weighted by Gasteiger charge is 2.46. The van der Waals surface area contributed by atoms with Crippen LogP contribution in [0.4, 0.5) is 10.1 Å². The molecule has 28 heavy (non-hydrogen) atoms. The molecule has 0 aliphatic carbocycles. The number of hydrogen-bond donors (Lipinski definition) is 2. The molecule has 2 aromatic carbocycles. The molecule has 0 radical (unpaired) electrons. The van der Waals surface area contributed by atoms with Crippen molar-refractivity contribution in [2.45, 2.75) is 51.0 Å². The van der Waals surface area contributed by atoms with Gasteiger partial charge in [-0.3, -0.25) is 0 Å². The average Bonchev–Trinajstić information content (AvgIpc) is 2.61.